The molecule has 2 aromatic heterocycles. The zero-order valence-electron chi connectivity index (χ0n) is 11.1. The van der Waals surface area contributed by atoms with Crippen molar-refractivity contribution in [1.82, 2.24) is 19.5 Å². The molecule has 0 aromatic carbocycles. The van der Waals surface area contributed by atoms with Gasteiger partial charge in [-0.15, -0.1) is 0 Å². The van der Waals surface area contributed by atoms with E-state index in [9.17, 15) is 15.3 Å². The summed E-state index contributed by atoms with van der Waals surface area (Å²) < 4.78 is 6.55. The summed E-state index contributed by atoms with van der Waals surface area (Å²) in [4.78, 5) is 14.4. The van der Waals surface area contributed by atoms with E-state index in [2.05, 4.69) is 25.0 Å². The topological polar surface area (TPSA) is 188 Å². The molecule has 3 heterocycles. The fraction of sp³-hybridized carbons (Fsp3) is 0.500. The lowest BCUT2D eigenvalue weighted by molar-refractivity contribution is -0.140. The molecule has 0 bridgehead atoms. The third-order valence-corrected chi connectivity index (χ3v) is 3.49. The molecule has 0 unspecified atom stereocenters. The number of imidazole rings is 1. The van der Waals surface area contributed by atoms with Crippen LogP contribution in [0.4, 0.5) is 5.82 Å². The van der Waals surface area contributed by atoms with Crippen LogP contribution in [0.5, 0.6) is 0 Å². The molecule has 0 aliphatic carbocycles. The largest absolute Gasteiger partial charge is 0.394 e. The Morgan fingerprint density at radius 1 is 1.45 bits per heavy atom. The Hall–Kier alpha value is -2.50. The quantitative estimate of drug-likeness (QED) is 0.297. The molecule has 3 rings (SSSR count). The highest BCUT2D eigenvalue weighted by molar-refractivity contribution is 5.81. The fourth-order valence-electron chi connectivity index (χ4n) is 2.41. The van der Waals surface area contributed by atoms with Gasteiger partial charge in [-0.3, -0.25) is 4.57 Å². The lowest BCUT2D eigenvalue weighted by Crippen LogP contribution is -2.43. The Labute approximate surface area is 122 Å². The number of anilines is 1. The molecule has 5 N–H and O–H groups in total. The zero-order chi connectivity index (χ0) is 15.9. The first-order chi connectivity index (χ1) is 10.5. The van der Waals surface area contributed by atoms with Gasteiger partial charge in [0.1, 0.15) is 30.2 Å². The summed E-state index contributed by atoms with van der Waals surface area (Å²) in [6.07, 6.45) is -1.89. The Bertz CT molecular complexity index is 758. The maximum atomic E-state index is 10.3. The first kappa shape index (κ1) is 14.4. The van der Waals surface area contributed by atoms with Gasteiger partial charge in [0.25, 0.3) is 5.85 Å². The number of aliphatic hydroxyl groups is 3. The number of aromatic nitrogens is 4. The predicted molar refractivity (Wildman–Crippen MR) is 70.8 cm³/mol. The van der Waals surface area contributed by atoms with Gasteiger partial charge in [-0.1, -0.05) is 0 Å². The minimum absolute atomic E-state index is 0.0894. The summed E-state index contributed by atoms with van der Waals surface area (Å²) in [7, 11) is 0. The highest BCUT2D eigenvalue weighted by Crippen LogP contribution is 2.38. The monoisotopic (exact) mass is 308 g/mol. The second-order valence-electron chi connectivity index (χ2n) is 4.67. The molecular weight excluding hydrogens is 296 g/mol. The van der Waals surface area contributed by atoms with Gasteiger partial charge in [0, 0.05) is 4.91 Å². The molecule has 0 saturated carbocycles. The molecule has 1 aliphatic heterocycles. The van der Waals surface area contributed by atoms with Gasteiger partial charge < -0.3 is 25.8 Å². The number of nitrogens with two attached hydrogens (primary N) is 1. The first-order valence-electron chi connectivity index (χ1n) is 6.20. The summed E-state index contributed by atoms with van der Waals surface area (Å²) in [5.74, 6) is -1.96. The number of hydrogen-bond donors (Lipinski definition) is 4. The third-order valence-electron chi connectivity index (χ3n) is 3.49. The Balaban J connectivity index is 2.24. The molecule has 12 nitrogen and oxygen atoms in total. The van der Waals surface area contributed by atoms with E-state index in [1.807, 2.05) is 0 Å². The SMILES string of the molecule is [N-]=[N+]=N[C@@]1(n2cnc3c(N)ncnc32)O[C@H](CO)[C@@H](O)[C@H]1O. The van der Waals surface area contributed by atoms with E-state index >= 15 is 0 Å². The van der Waals surface area contributed by atoms with Crippen molar-refractivity contribution in [2.45, 2.75) is 24.2 Å². The number of aliphatic hydroxyl groups excluding tert-OH is 3. The zero-order valence-corrected chi connectivity index (χ0v) is 11.1. The highest BCUT2D eigenvalue weighted by Gasteiger charge is 2.56. The van der Waals surface area contributed by atoms with Crippen LogP contribution in [0.1, 0.15) is 0 Å². The smallest absolute Gasteiger partial charge is 0.257 e. The molecule has 22 heavy (non-hydrogen) atoms. The van der Waals surface area contributed by atoms with Crippen molar-refractivity contribution >= 4 is 17.0 Å². The third kappa shape index (κ3) is 1.80. The Morgan fingerprint density at radius 3 is 2.86 bits per heavy atom. The molecule has 2 aromatic rings. The lowest BCUT2D eigenvalue weighted by atomic mass is 10.1. The van der Waals surface area contributed by atoms with Crippen LogP contribution in [0.25, 0.3) is 21.6 Å². The van der Waals surface area contributed by atoms with Crippen LogP contribution >= 0.6 is 0 Å². The molecule has 12 heteroatoms. The number of nitrogens with zero attached hydrogens (tertiary/aromatic N) is 7. The van der Waals surface area contributed by atoms with Crippen molar-refractivity contribution in [3.05, 3.63) is 23.1 Å². The van der Waals surface area contributed by atoms with E-state index in [0.717, 1.165) is 4.57 Å². The molecule has 116 valence electrons. The first-order valence-corrected chi connectivity index (χ1v) is 6.20. The average Bonchev–Trinajstić information content (AvgIpc) is 3.04. The lowest BCUT2D eigenvalue weighted by Gasteiger charge is -2.28. The van der Waals surface area contributed by atoms with E-state index < -0.39 is 30.8 Å². The summed E-state index contributed by atoms with van der Waals surface area (Å²) in [5.41, 5.74) is 14.8. The van der Waals surface area contributed by atoms with Gasteiger partial charge in [0.15, 0.2) is 11.5 Å². The van der Waals surface area contributed by atoms with Crippen LogP contribution in [0, 0.1) is 0 Å². The van der Waals surface area contributed by atoms with Crippen LogP contribution in [0.15, 0.2) is 17.8 Å². The molecule has 0 radical (unpaired) electrons. The van der Waals surface area contributed by atoms with Crippen molar-refractivity contribution < 1.29 is 20.1 Å². The molecule has 0 spiro atoms. The van der Waals surface area contributed by atoms with E-state index in [-0.39, 0.29) is 17.0 Å². The molecule has 1 saturated heterocycles. The number of hydrogen-bond acceptors (Lipinski definition) is 9. The minimum atomic E-state index is -2.04. The minimum Gasteiger partial charge on any atom is -0.394 e. The number of fused-ring (bicyclic) bond motifs is 1. The van der Waals surface area contributed by atoms with Crippen molar-refractivity contribution in [2.75, 3.05) is 12.3 Å². The number of ether oxygens (including phenoxy) is 1. The number of nitrogen functional groups attached to an aromatic ring is 1. The van der Waals surface area contributed by atoms with Crippen LogP contribution in [0.2, 0.25) is 0 Å². The summed E-state index contributed by atoms with van der Waals surface area (Å²) in [6, 6.07) is 0. The summed E-state index contributed by atoms with van der Waals surface area (Å²) in [6.45, 7) is -0.579. The van der Waals surface area contributed by atoms with Gasteiger partial charge in [0.2, 0.25) is 0 Å². The van der Waals surface area contributed by atoms with E-state index in [1.165, 1.54) is 12.7 Å². The van der Waals surface area contributed by atoms with Crippen molar-refractivity contribution in [3.63, 3.8) is 0 Å². The molecular formula is C10H12N8O4. The molecule has 1 fully saturated rings. The molecule has 4 atom stereocenters. The van der Waals surface area contributed by atoms with Gasteiger partial charge in [-0.05, 0) is 10.6 Å². The normalized spacial score (nSPS) is 31.3. The fourth-order valence-corrected chi connectivity index (χ4v) is 2.41. The van der Waals surface area contributed by atoms with Crippen LogP contribution in [-0.4, -0.2) is 59.8 Å². The summed E-state index contributed by atoms with van der Waals surface area (Å²) >= 11 is 0. The van der Waals surface area contributed by atoms with E-state index in [1.54, 1.807) is 0 Å². The van der Waals surface area contributed by atoms with Crippen molar-refractivity contribution in [2.24, 2.45) is 5.11 Å². The Morgan fingerprint density at radius 2 is 2.23 bits per heavy atom. The van der Waals surface area contributed by atoms with Crippen molar-refractivity contribution in [3.8, 4) is 0 Å². The second-order valence-corrected chi connectivity index (χ2v) is 4.67. The van der Waals surface area contributed by atoms with Gasteiger partial charge in [-0.2, -0.15) is 0 Å². The maximum Gasteiger partial charge on any atom is 0.257 e. The van der Waals surface area contributed by atoms with E-state index in [4.69, 9.17) is 16.0 Å². The standard InChI is InChI=1S/C10H12N8O4/c11-8-5-9(14-2-13-8)18(3-15-5)10(16-17-12)7(21)6(20)4(1-19)22-10/h2-4,6-7,19-21H,1H2,(H2,11,13,14)/t4-,6-,7-,10+/m1/s1. The van der Waals surface area contributed by atoms with Gasteiger partial charge in [-0.25, -0.2) is 15.0 Å². The highest BCUT2D eigenvalue weighted by atomic mass is 16.6. The van der Waals surface area contributed by atoms with Crippen LogP contribution in [0.3, 0.4) is 0 Å². The van der Waals surface area contributed by atoms with E-state index in [0.29, 0.717) is 0 Å². The maximum absolute atomic E-state index is 10.3. The predicted octanol–water partition coefficient (Wildman–Crippen LogP) is -1.56. The van der Waals surface area contributed by atoms with Crippen molar-refractivity contribution in [1.29, 1.82) is 0 Å². The van der Waals surface area contributed by atoms with Gasteiger partial charge >= 0.3 is 0 Å². The van der Waals surface area contributed by atoms with Crippen LogP contribution < -0.4 is 5.73 Å². The molecule has 0 amide bonds. The summed E-state index contributed by atoms with van der Waals surface area (Å²) in [5, 5.41) is 32.9. The average molecular weight is 308 g/mol. The van der Waals surface area contributed by atoms with Crippen LogP contribution in [-0.2, 0) is 10.6 Å². The Kier molecular flexibility index (Phi) is 3.31. The second kappa shape index (κ2) is 5.05. The van der Waals surface area contributed by atoms with Gasteiger partial charge in [0.05, 0.1) is 12.9 Å². The number of azide groups is 1. The number of rotatable bonds is 3. The molecule has 1 aliphatic rings.